The number of nitrogens with zero attached hydrogens (tertiary/aromatic N) is 5. The van der Waals surface area contributed by atoms with E-state index in [1.165, 1.54) is 12.4 Å². The summed E-state index contributed by atoms with van der Waals surface area (Å²) in [5.41, 5.74) is 1.21. The molecule has 0 aliphatic heterocycles. The first-order valence-electron chi connectivity index (χ1n) is 5.69. The third kappa shape index (κ3) is 1.79. The third-order valence-electron chi connectivity index (χ3n) is 2.89. The molecule has 100 valence electrons. The molecule has 0 saturated carbocycles. The van der Waals surface area contributed by atoms with E-state index < -0.39 is 4.92 Å². The van der Waals surface area contributed by atoms with E-state index in [0.717, 1.165) is 0 Å². The first-order chi connectivity index (χ1) is 9.59. The van der Waals surface area contributed by atoms with Gasteiger partial charge in [0.05, 0.1) is 4.92 Å². The molecular formula is C12H8ClN5O2. The Morgan fingerprint density at radius 3 is 2.80 bits per heavy atom. The zero-order valence-corrected chi connectivity index (χ0v) is 11.1. The number of hydrogen-bond acceptors (Lipinski definition) is 5. The average molecular weight is 290 g/mol. The van der Waals surface area contributed by atoms with Gasteiger partial charge in [-0.1, -0.05) is 23.7 Å². The summed E-state index contributed by atoms with van der Waals surface area (Å²) in [5.74, 6) is 0.553. The molecule has 8 heteroatoms. The summed E-state index contributed by atoms with van der Waals surface area (Å²) in [5, 5.41) is 11.4. The predicted octanol–water partition coefficient (Wildman–Crippen LogP) is 2.69. The minimum atomic E-state index is -0.446. The van der Waals surface area contributed by atoms with Crippen LogP contribution in [0.5, 0.6) is 0 Å². The fraction of sp³-hybridized carbons (Fsp3) is 0.0833. The minimum Gasteiger partial charge on any atom is -0.286 e. The van der Waals surface area contributed by atoms with Crippen LogP contribution in [0.15, 0.2) is 30.6 Å². The molecule has 7 nitrogen and oxygen atoms in total. The van der Waals surface area contributed by atoms with Crippen LogP contribution >= 0.6 is 11.6 Å². The Balaban J connectivity index is 2.41. The Kier molecular flexibility index (Phi) is 2.83. The quantitative estimate of drug-likeness (QED) is 0.411. The molecule has 0 atom stereocenters. The highest BCUT2D eigenvalue weighted by Gasteiger charge is 2.20. The van der Waals surface area contributed by atoms with Gasteiger partial charge in [0.15, 0.2) is 10.8 Å². The first kappa shape index (κ1) is 12.5. The van der Waals surface area contributed by atoms with Crippen LogP contribution in [0, 0.1) is 17.0 Å². The summed E-state index contributed by atoms with van der Waals surface area (Å²) in [6.45, 7) is 1.73. The van der Waals surface area contributed by atoms with Crippen molar-refractivity contribution in [1.29, 1.82) is 0 Å². The smallest absolute Gasteiger partial charge is 0.286 e. The van der Waals surface area contributed by atoms with Gasteiger partial charge in [-0.2, -0.15) is 0 Å². The van der Waals surface area contributed by atoms with Crippen molar-refractivity contribution in [2.45, 2.75) is 6.92 Å². The van der Waals surface area contributed by atoms with E-state index in [2.05, 4.69) is 15.0 Å². The van der Waals surface area contributed by atoms with Gasteiger partial charge in [0.25, 0.3) is 5.69 Å². The maximum atomic E-state index is 11.2. The second-order valence-electron chi connectivity index (χ2n) is 4.08. The van der Waals surface area contributed by atoms with Crippen LogP contribution < -0.4 is 0 Å². The van der Waals surface area contributed by atoms with Crippen LogP contribution in [0.2, 0.25) is 5.15 Å². The summed E-state index contributed by atoms with van der Waals surface area (Å²) in [6.07, 6.45) is 1.31. The van der Waals surface area contributed by atoms with Gasteiger partial charge < -0.3 is 0 Å². The lowest BCUT2D eigenvalue weighted by atomic mass is 10.2. The largest absolute Gasteiger partial charge is 0.293 e. The summed E-state index contributed by atoms with van der Waals surface area (Å²) in [7, 11) is 0. The standard InChI is InChI=1S/C12H8ClN5O2/c1-7-16-12-10(11(13)14-6-15-12)17(7)8-4-2-3-5-9(8)18(19)20/h2-6H,1H3. The van der Waals surface area contributed by atoms with Crippen molar-refractivity contribution in [3.63, 3.8) is 0 Å². The molecule has 0 fully saturated rings. The van der Waals surface area contributed by atoms with Gasteiger partial charge in [0.1, 0.15) is 23.4 Å². The second-order valence-corrected chi connectivity index (χ2v) is 4.43. The number of imidazole rings is 1. The van der Waals surface area contributed by atoms with Crippen molar-refractivity contribution >= 4 is 28.5 Å². The Morgan fingerprint density at radius 2 is 2.05 bits per heavy atom. The molecule has 20 heavy (non-hydrogen) atoms. The van der Waals surface area contributed by atoms with E-state index in [0.29, 0.717) is 22.7 Å². The summed E-state index contributed by atoms with van der Waals surface area (Å²) >= 11 is 6.08. The third-order valence-corrected chi connectivity index (χ3v) is 3.17. The van der Waals surface area contributed by atoms with E-state index in [4.69, 9.17) is 11.6 Å². The average Bonchev–Trinajstić information content (AvgIpc) is 2.76. The molecule has 0 aliphatic carbocycles. The summed E-state index contributed by atoms with van der Waals surface area (Å²) in [4.78, 5) is 22.9. The van der Waals surface area contributed by atoms with Gasteiger partial charge in [-0.25, -0.2) is 15.0 Å². The maximum absolute atomic E-state index is 11.2. The lowest BCUT2D eigenvalue weighted by Gasteiger charge is -2.07. The lowest BCUT2D eigenvalue weighted by Crippen LogP contribution is -2.02. The fourth-order valence-electron chi connectivity index (χ4n) is 2.09. The van der Waals surface area contributed by atoms with Crippen LogP contribution in [0.3, 0.4) is 0 Å². The fourth-order valence-corrected chi connectivity index (χ4v) is 2.30. The Hall–Kier alpha value is -2.54. The van der Waals surface area contributed by atoms with Gasteiger partial charge in [0, 0.05) is 6.07 Å². The molecule has 2 aromatic heterocycles. The molecule has 0 amide bonds. The topological polar surface area (TPSA) is 86.7 Å². The molecule has 0 radical (unpaired) electrons. The molecule has 3 rings (SSSR count). The van der Waals surface area contributed by atoms with Crippen LogP contribution in [0.25, 0.3) is 16.9 Å². The Bertz CT molecular complexity index is 830. The number of rotatable bonds is 2. The minimum absolute atomic E-state index is 0.0326. The lowest BCUT2D eigenvalue weighted by molar-refractivity contribution is -0.384. The Labute approximate surface area is 118 Å². The van der Waals surface area contributed by atoms with E-state index >= 15 is 0 Å². The number of nitro benzene ring substituents is 1. The number of aryl methyl sites for hydroxylation is 1. The SMILES string of the molecule is Cc1nc2ncnc(Cl)c2n1-c1ccccc1[N+](=O)[O-]. The number of halogens is 1. The van der Waals surface area contributed by atoms with Crippen molar-refractivity contribution in [2.24, 2.45) is 0 Å². The zero-order valence-electron chi connectivity index (χ0n) is 10.3. The van der Waals surface area contributed by atoms with Crippen molar-refractivity contribution in [3.8, 4) is 5.69 Å². The second kappa shape index (κ2) is 4.53. The van der Waals surface area contributed by atoms with Crippen molar-refractivity contribution in [2.75, 3.05) is 0 Å². The normalized spacial score (nSPS) is 10.9. The molecule has 0 N–H and O–H groups in total. The van der Waals surface area contributed by atoms with Crippen LogP contribution in [0.1, 0.15) is 5.82 Å². The Morgan fingerprint density at radius 1 is 1.30 bits per heavy atom. The number of hydrogen-bond donors (Lipinski definition) is 0. The molecule has 0 bridgehead atoms. The number of para-hydroxylation sites is 2. The highest BCUT2D eigenvalue weighted by Crippen LogP contribution is 2.29. The van der Waals surface area contributed by atoms with E-state index in [1.54, 1.807) is 29.7 Å². The molecule has 0 saturated heterocycles. The molecule has 0 aliphatic rings. The van der Waals surface area contributed by atoms with Crippen molar-refractivity contribution in [3.05, 3.63) is 51.7 Å². The van der Waals surface area contributed by atoms with Crippen LogP contribution in [-0.4, -0.2) is 24.4 Å². The number of fused-ring (bicyclic) bond motifs is 1. The zero-order chi connectivity index (χ0) is 14.3. The summed E-state index contributed by atoms with van der Waals surface area (Å²) in [6, 6.07) is 6.38. The van der Waals surface area contributed by atoms with Gasteiger partial charge in [-0.05, 0) is 13.0 Å². The highest BCUT2D eigenvalue weighted by molar-refractivity contribution is 6.33. The number of aromatic nitrogens is 4. The van der Waals surface area contributed by atoms with E-state index in [9.17, 15) is 10.1 Å². The first-order valence-corrected chi connectivity index (χ1v) is 6.06. The summed E-state index contributed by atoms with van der Waals surface area (Å²) < 4.78 is 1.59. The molecule has 1 aromatic carbocycles. The van der Waals surface area contributed by atoms with Gasteiger partial charge in [-0.15, -0.1) is 0 Å². The monoisotopic (exact) mass is 289 g/mol. The van der Waals surface area contributed by atoms with Crippen molar-refractivity contribution < 1.29 is 4.92 Å². The maximum Gasteiger partial charge on any atom is 0.293 e. The van der Waals surface area contributed by atoms with Crippen LogP contribution in [0.4, 0.5) is 5.69 Å². The van der Waals surface area contributed by atoms with E-state index in [-0.39, 0.29) is 10.8 Å². The molecule has 3 aromatic rings. The van der Waals surface area contributed by atoms with Crippen LogP contribution in [-0.2, 0) is 0 Å². The highest BCUT2D eigenvalue weighted by atomic mass is 35.5. The molecule has 0 unspecified atom stereocenters. The molecule has 2 heterocycles. The van der Waals surface area contributed by atoms with Gasteiger partial charge in [0.2, 0.25) is 0 Å². The number of nitro groups is 1. The van der Waals surface area contributed by atoms with E-state index in [1.807, 2.05) is 0 Å². The predicted molar refractivity (Wildman–Crippen MR) is 73.1 cm³/mol. The van der Waals surface area contributed by atoms with Crippen molar-refractivity contribution in [1.82, 2.24) is 19.5 Å². The molecular weight excluding hydrogens is 282 g/mol. The molecule has 0 spiro atoms. The van der Waals surface area contributed by atoms with Gasteiger partial charge in [-0.3, -0.25) is 14.7 Å². The van der Waals surface area contributed by atoms with Gasteiger partial charge >= 0.3 is 0 Å². The number of benzene rings is 1.